The molecule has 2 rings (SSSR count). The molecule has 0 amide bonds. The highest BCUT2D eigenvalue weighted by atomic mass is 32.1. The normalized spacial score (nSPS) is 26.9. The molecule has 1 N–H and O–H groups in total. The van der Waals surface area contributed by atoms with Crippen molar-refractivity contribution in [1.29, 1.82) is 0 Å². The SMILES string of the molecule is CCNC1CCC(Cc2nccs2)C1. The summed E-state index contributed by atoms with van der Waals surface area (Å²) in [4.78, 5) is 4.35. The lowest BCUT2D eigenvalue weighted by Gasteiger charge is -2.10. The highest BCUT2D eigenvalue weighted by Crippen LogP contribution is 2.28. The first-order chi connectivity index (χ1) is 6.88. The van der Waals surface area contributed by atoms with Gasteiger partial charge in [0.1, 0.15) is 0 Å². The lowest BCUT2D eigenvalue weighted by Crippen LogP contribution is -2.25. The van der Waals surface area contributed by atoms with Gasteiger partial charge in [0.25, 0.3) is 0 Å². The smallest absolute Gasteiger partial charge is 0.0927 e. The summed E-state index contributed by atoms with van der Waals surface area (Å²) < 4.78 is 0. The maximum Gasteiger partial charge on any atom is 0.0927 e. The van der Waals surface area contributed by atoms with Crippen LogP contribution in [0.2, 0.25) is 0 Å². The number of hydrogen-bond donors (Lipinski definition) is 1. The standard InChI is InChI=1S/C11H18N2S/c1-2-12-10-4-3-9(7-10)8-11-13-5-6-14-11/h5-6,9-10,12H,2-4,7-8H2,1H3. The molecule has 1 saturated carbocycles. The summed E-state index contributed by atoms with van der Waals surface area (Å²) in [6.07, 6.45) is 7.17. The number of nitrogens with zero attached hydrogens (tertiary/aromatic N) is 1. The number of nitrogens with one attached hydrogen (secondary N) is 1. The Morgan fingerprint density at radius 3 is 3.21 bits per heavy atom. The van der Waals surface area contributed by atoms with Crippen LogP contribution in [0.15, 0.2) is 11.6 Å². The molecule has 1 aromatic heterocycles. The van der Waals surface area contributed by atoms with Crippen molar-refractivity contribution in [2.45, 2.75) is 38.6 Å². The van der Waals surface area contributed by atoms with Crippen molar-refractivity contribution < 1.29 is 0 Å². The molecule has 1 heterocycles. The summed E-state index contributed by atoms with van der Waals surface area (Å²) in [5, 5.41) is 6.92. The largest absolute Gasteiger partial charge is 0.314 e. The first-order valence-corrected chi connectivity index (χ1v) is 6.38. The molecule has 1 aromatic rings. The molecule has 1 aliphatic rings. The van der Waals surface area contributed by atoms with Crippen molar-refractivity contribution >= 4 is 11.3 Å². The van der Waals surface area contributed by atoms with Crippen LogP contribution < -0.4 is 5.32 Å². The third-order valence-corrected chi connectivity index (χ3v) is 3.78. The van der Waals surface area contributed by atoms with Crippen LogP contribution in [0.4, 0.5) is 0 Å². The van der Waals surface area contributed by atoms with E-state index in [9.17, 15) is 0 Å². The van der Waals surface area contributed by atoms with Gasteiger partial charge in [-0.2, -0.15) is 0 Å². The molecule has 0 bridgehead atoms. The molecule has 14 heavy (non-hydrogen) atoms. The molecular weight excluding hydrogens is 192 g/mol. The molecule has 1 fully saturated rings. The number of thiazole rings is 1. The second-order valence-electron chi connectivity index (χ2n) is 4.06. The van der Waals surface area contributed by atoms with Crippen LogP contribution in [0.1, 0.15) is 31.2 Å². The molecule has 0 spiro atoms. The van der Waals surface area contributed by atoms with Gasteiger partial charge in [-0.05, 0) is 31.7 Å². The minimum atomic E-state index is 0.768. The van der Waals surface area contributed by atoms with Crippen LogP contribution in [0.3, 0.4) is 0 Å². The van der Waals surface area contributed by atoms with Gasteiger partial charge in [0.2, 0.25) is 0 Å². The molecule has 0 radical (unpaired) electrons. The Labute approximate surface area is 89.8 Å². The van der Waals surface area contributed by atoms with E-state index in [0.717, 1.165) is 18.5 Å². The Morgan fingerprint density at radius 1 is 1.57 bits per heavy atom. The second-order valence-corrected chi connectivity index (χ2v) is 5.04. The van der Waals surface area contributed by atoms with Crippen molar-refractivity contribution in [3.63, 3.8) is 0 Å². The summed E-state index contributed by atoms with van der Waals surface area (Å²) in [5.41, 5.74) is 0. The van der Waals surface area contributed by atoms with Crippen molar-refractivity contribution in [2.24, 2.45) is 5.92 Å². The van der Waals surface area contributed by atoms with E-state index in [1.54, 1.807) is 11.3 Å². The number of hydrogen-bond acceptors (Lipinski definition) is 3. The van der Waals surface area contributed by atoms with Crippen molar-refractivity contribution in [2.75, 3.05) is 6.54 Å². The summed E-state index contributed by atoms with van der Waals surface area (Å²) in [6.45, 7) is 3.29. The number of aromatic nitrogens is 1. The maximum atomic E-state index is 4.35. The molecule has 2 nitrogen and oxygen atoms in total. The highest BCUT2D eigenvalue weighted by Gasteiger charge is 2.24. The topological polar surface area (TPSA) is 24.9 Å². The van der Waals surface area contributed by atoms with Gasteiger partial charge in [-0.25, -0.2) is 4.98 Å². The fourth-order valence-corrected chi connectivity index (χ4v) is 3.07. The summed E-state index contributed by atoms with van der Waals surface area (Å²) in [5.74, 6) is 0.866. The van der Waals surface area contributed by atoms with Gasteiger partial charge < -0.3 is 5.32 Å². The first kappa shape index (κ1) is 10.1. The molecular formula is C11H18N2S. The van der Waals surface area contributed by atoms with Crippen molar-refractivity contribution in [3.05, 3.63) is 16.6 Å². The molecule has 0 aromatic carbocycles. The predicted octanol–water partition coefficient (Wildman–Crippen LogP) is 2.46. The van der Waals surface area contributed by atoms with E-state index >= 15 is 0 Å². The molecule has 2 atom stereocenters. The van der Waals surface area contributed by atoms with E-state index in [0.29, 0.717) is 0 Å². The molecule has 0 saturated heterocycles. The van der Waals surface area contributed by atoms with Gasteiger partial charge in [0.05, 0.1) is 5.01 Å². The Hall–Kier alpha value is -0.410. The Kier molecular flexibility index (Phi) is 3.54. The Bertz CT molecular complexity index is 258. The lowest BCUT2D eigenvalue weighted by molar-refractivity contribution is 0.493. The van der Waals surface area contributed by atoms with Crippen molar-refractivity contribution in [1.82, 2.24) is 10.3 Å². The molecule has 0 aliphatic heterocycles. The van der Waals surface area contributed by atoms with Crippen LogP contribution in [0.25, 0.3) is 0 Å². The van der Waals surface area contributed by atoms with E-state index in [1.807, 2.05) is 6.20 Å². The second kappa shape index (κ2) is 4.89. The fraction of sp³-hybridized carbons (Fsp3) is 0.727. The monoisotopic (exact) mass is 210 g/mol. The van der Waals surface area contributed by atoms with Gasteiger partial charge in [-0.1, -0.05) is 6.92 Å². The van der Waals surface area contributed by atoms with Gasteiger partial charge in [-0.3, -0.25) is 0 Å². The van der Waals surface area contributed by atoms with Gasteiger partial charge >= 0.3 is 0 Å². The van der Waals surface area contributed by atoms with E-state index in [1.165, 1.54) is 30.7 Å². The van der Waals surface area contributed by atoms with E-state index in [-0.39, 0.29) is 0 Å². The summed E-state index contributed by atoms with van der Waals surface area (Å²) in [7, 11) is 0. The lowest BCUT2D eigenvalue weighted by atomic mass is 10.0. The predicted molar refractivity (Wildman–Crippen MR) is 60.6 cm³/mol. The maximum absolute atomic E-state index is 4.35. The molecule has 1 aliphatic carbocycles. The third-order valence-electron chi connectivity index (χ3n) is 2.98. The van der Waals surface area contributed by atoms with Gasteiger partial charge in [0, 0.05) is 24.0 Å². The molecule has 3 heteroatoms. The van der Waals surface area contributed by atoms with Gasteiger partial charge in [0.15, 0.2) is 0 Å². The quantitative estimate of drug-likeness (QED) is 0.825. The van der Waals surface area contributed by atoms with Crippen molar-refractivity contribution in [3.8, 4) is 0 Å². The fourth-order valence-electron chi connectivity index (χ4n) is 2.34. The third kappa shape index (κ3) is 2.55. The average molecular weight is 210 g/mol. The summed E-state index contributed by atoms with van der Waals surface area (Å²) in [6, 6.07) is 0.768. The minimum absolute atomic E-state index is 0.768. The molecule has 2 unspecified atom stereocenters. The zero-order valence-electron chi connectivity index (χ0n) is 8.70. The highest BCUT2D eigenvalue weighted by molar-refractivity contribution is 7.09. The van der Waals surface area contributed by atoms with Crippen LogP contribution in [0.5, 0.6) is 0 Å². The molecule has 78 valence electrons. The Balaban J connectivity index is 1.79. The summed E-state index contributed by atoms with van der Waals surface area (Å²) >= 11 is 1.79. The first-order valence-electron chi connectivity index (χ1n) is 5.50. The zero-order chi connectivity index (χ0) is 9.80. The Morgan fingerprint density at radius 2 is 2.50 bits per heavy atom. The number of rotatable bonds is 4. The average Bonchev–Trinajstić information content (AvgIpc) is 2.79. The zero-order valence-corrected chi connectivity index (χ0v) is 9.52. The van der Waals surface area contributed by atoms with Crippen LogP contribution in [-0.4, -0.2) is 17.6 Å². The van der Waals surface area contributed by atoms with E-state index in [4.69, 9.17) is 0 Å². The van der Waals surface area contributed by atoms with E-state index in [2.05, 4.69) is 22.6 Å². The van der Waals surface area contributed by atoms with Crippen LogP contribution in [-0.2, 0) is 6.42 Å². The van der Waals surface area contributed by atoms with Crippen LogP contribution in [0, 0.1) is 5.92 Å². The van der Waals surface area contributed by atoms with E-state index < -0.39 is 0 Å². The van der Waals surface area contributed by atoms with Crippen LogP contribution >= 0.6 is 11.3 Å². The van der Waals surface area contributed by atoms with Gasteiger partial charge in [-0.15, -0.1) is 11.3 Å². The minimum Gasteiger partial charge on any atom is -0.314 e.